The molecule has 0 spiro atoms. The van der Waals surface area contributed by atoms with Crippen LogP contribution in [-0.4, -0.2) is 21.9 Å². The normalized spacial score (nSPS) is 12.6. The maximum absolute atomic E-state index is 10.3. The zero-order chi connectivity index (χ0) is 6.57. The first-order chi connectivity index (χ1) is 3.72. The Bertz CT molecular complexity index is 84.1. The van der Waals surface area contributed by atoms with Gasteiger partial charge in [0.05, 0.1) is 7.85 Å². The van der Waals surface area contributed by atoms with Gasteiger partial charge in [0.1, 0.15) is 0 Å². The SMILES string of the molecule is [B]OC(=O)[C@H]([B])CC. The van der Waals surface area contributed by atoms with Gasteiger partial charge in [0.25, 0.3) is 5.97 Å². The molecule has 4 radical (unpaired) electrons. The molecule has 0 bridgehead atoms. The van der Waals surface area contributed by atoms with E-state index in [1.165, 1.54) is 0 Å². The lowest BCUT2D eigenvalue weighted by atomic mass is 9.85. The molecule has 0 aliphatic rings. The minimum absolute atomic E-state index is 0.552. The minimum atomic E-state index is -0.569. The molecule has 0 aromatic heterocycles. The Labute approximate surface area is 51.4 Å². The van der Waals surface area contributed by atoms with Crippen LogP contribution >= 0.6 is 0 Å². The molecule has 0 heterocycles. The van der Waals surface area contributed by atoms with Crippen LogP contribution in [0.3, 0.4) is 0 Å². The van der Waals surface area contributed by atoms with E-state index in [4.69, 9.17) is 7.85 Å². The Kier molecular flexibility index (Phi) is 3.40. The molecule has 8 heavy (non-hydrogen) atoms. The van der Waals surface area contributed by atoms with Crippen LogP contribution < -0.4 is 0 Å². The van der Waals surface area contributed by atoms with Crippen LogP contribution in [0.4, 0.5) is 0 Å². The molecule has 0 saturated carbocycles. The highest BCUT2D eigenvalue weighted by atomic mass is 16.5. The first-order valence-electron chi connectivity index (χ1n) is 2.38. The molecule has 0 aliphatic carbocycles. The summed E-state index contributed by atoms with van der Waals surface area (Å²) < 4.78 is 3.84. The van der Waals surface area contributed by atoms with Gasteiger partial charge in [0.2, 0.25) is 0 Å². The van der Waals surface area contributed by atoms with Crippen LogP contribution in [0, 0.1) is 0 Å². The Morgan fingerprint density at radius 3 is 2.50 bits per heavy atom. The second kappa shape index (κ2) is 3.58. The van der Waals surface area contributed by atoms with Crippen LogP contribution in [0.15, 0.2) is 0 Å². The number of hydrogen-bond acceptors (Lipinski definition) is 2. The first kappa shape index (κ1) is 7.60. The highest BCUT2D eigenvalue weighted by molar-refractivity contribution is 6.24. The summed E-state index contributed by atoms with van der Waals surface area (Å²) in [5.41, 5.74) is 0. The average molecular weight is 108 g/mol. The Hall–Kier alpha value is -0.400. The Morgan fingerprint density at radius 2 is 2.38 bits per heavy atom. The molecule has 0 aliphatic heterocycles. The molecule has 0 unspecified atom stereocenters. The summed E-state index contributed by atoms with van der Waals surface area (Å²) in [7, 11) is 9.69. The summed E-state index contributed by atoms with van der Waals surface area (Å²) in [6.07, 6.45) is 0.552. The van der Waals surface area contributed by atoms with E-state index >= 15 is 0 Å². The van der Waals surface area contributed by atoms with Crippen molar-refractivity contribution in [3.05, 3.63) is 0 Å². The molecule has 0 amide bonds. The summed E-state index contributed by atoms with van der Waals surface area (Å²) >= 11 is 0. The third-order valence-corrected chi connectivity index (χ3v) is 0.859. The van der Waals surface area contributed by atoms with Crippen molar-refractivity contribution in [3.8, 4) is 0 Å². The van der Waals surface area contributed by atoms with Gasteiger partial charge in [-0.25, -0.2) is 0 Å². The lowest BCUT2D eigenvalue weighted by Gasteiger charge is -2.03. The predicted molar refractivity (Wildman–Crippen MR) is 31.6 cm³/mol. The van der Waals surface area contributed by atoms with Gasteiger partial charge in [-0.2, -0.15) is 0 Å². The molecule has 4 heteroatoms. The monoisotopic (exact) mass is 108 g/mol. The van der Waals surface area contributed by atoms with E-state index in [2.05, 4.69) is 12.7 Å². The van der Waals surface area contributed by atoms with Gasteiger partial charge >= 0.3 is 8.05 Å². The van der Waals surface area contributed by atoms with Gasteiger partial charge < -0.3 is 4.65 Å². The van der Waals surface area contributed by atoms with Crippen molar-refractivity contribution in [1.82, 2.24) is 0 Å². The molecular weight excluding hydrogens is 102 g/mol. The van der Waals surface area contributed by atoms with Crippen molar-refractivity contribution in [3.63, 3.8) is 0 Å². The summed E-state index contributed by atoms with van der Waals surface area (Å²) in [6, 6.07) is 0. The van der Waals surface area contributed by atoms with Gasteiger partial charge in [-0.1, -0.05) is 13.3 Å². The van der Waals surface area contributed by atoms with Crippen molar-refractivity contribution in [1.29, 1.82) is 0 Å². The molecule has 0 N–H and O–H groups in total. The number of rotatable bonds is 2. The van der Waals surface area contributed by atoms with Crippen LogP contribution in [0.5, 0.6) is 0 Å². The van der Waals surface area contributed by atoms with Crippen molar-refractivity contribution >= 4 is 21.9 Å². The van der Waals surface area contributed by atoms with Gasteiger partial charge in [-0.05, 0) is 0 Å². The van der Waals surface area contributed by atoms with Gasteiger partial charge in [-0.15, -0.1) is 0 Å². The van der Waals surface area contributed by atoms with E-state index < -0.39 is 11.8 Å². The van der Waals surface area contributed by atoms with E-state index in [-0.39, 0.29) is 0 Å². The fourth-order valence-corrected chi connectivity index (χ4v) is 0.254. The fourth-order valence-electron chi connectivity index (χ4n) is 0.254. The van der Waals surface area contributed by atoms with Gasteiger partial charge in [0, 0.05) is 5.82 Å². The second-order valence-corrected chi connectivity index (χ2v) is 1.45. The first-order valence-corrected chi connectivity index (χ1v) is 2.38. The highest BCUT2D eigenvalue weighted by Crippen LogP contribution is 2.04. The summed E-state index contributed by atoms with van der Waals surface area (Å²) in [5, 5.41) is 0. The predicted octanol–water partition coefficient (Wildman–Crippen LogP) is -0.0199. The Balaban J connectivity index is 3.46. The van der Waals surface area contributed by atoms with Crippen molar-refractivity contribution in [2.45, 2.75) is 19.2 Å². The summed E-state index contributed by atoms with van der Waals surface area (Å²) in [5.74, 6) is -1.13. The van der Waals surface area contributed by atoms with Crippen molar-refractivity contribution in [2.24, 2.45) is 0 Å². The highest BCUT2D eigenvalue weighted by Gasteiger charge is 2.07. The van der Waals surface area contributed by atoms with Gasteiger partial charge in [0.15, 0.2) is 0 Å². The van der Waals surface area contributed by atoms with Crippen LogP contribution in [-0.2, 0) is 9.45 Å². The van der Waals surface area contributed by atoms with Crippen LogP contribution in [0.1, 0.15) is 13.3 Å². The third-order valence-electron chi connectivity index (χ3n) is 0.859. The molecule has 40 valence electrons. The van der Waals surface area contributed by atoms with Gasteiger partial charge in [-0.3, -0.25) is 4.79 Å². The zero-order valence-corrected chi connectivity index (χ0v) is 4.76. The Morgan fingerprint density at radius 1 is 1.88 bits per heavy atom. The molecule has 0 saturated heterocycles. The molecule has 2 nitrogen and oxygen atoms in total. The standard InChI is InChI=1S/C4H6B2O2/c1-2-3(5)4(7)8-6/h3H,2H2,1H3/t3-/m1/s1. The lowest BCUT2D eigenvalue weighted by Crippen LogP contribution is -2.09. The molecular formula is C4H6B2O2. The number of carbonyl (C=O) groups is 1. The molecule has 0 aromatic rings. The van der Waals surface area contributed by atoms with E-state index in [1.54, 1.807) is 6.92 Å². The zero-order valence-electron chi connectivity index (χ0n) is 4.76. The molecule has 1 atom stereocenters. The van der Waals surface area contributed by atoms with E-state index in [1.807, 2.05) is 0 Å². The maximum Gasteiger partial charge on any atom is 0.378 e. The van der Waals surface area contributed by atoms with Crippen molar-refractivity contribution < 1.29 is 9.45 Å². The number of carbonyl (C=O) groups excluding carboxylic acids is 1. The molecule has 0 aromatic carbocycles. The number of hydrogen-bond donors (Lipinski definition) is 0. The van der Waals surface area contributed by atoms with E-state index in [0.717, 1.165) is 0 Å². The molecule has 0 rings (SSSR count). The average Bonchev–Trinajstić information content (AvgIpc) is 1.84. The smallest absolute Gasteiger partial charge is 0.378 e. The third kappa shape index (κ3) is 2.05. The lowest BCUT2D eigenvalue weighted by molar-refractivity contribution is -0.133. The minimum Gasteiger partial charge on any atom is -0.544 e. The van der Waals surface area contributed by atoms with Crippen molar-refractivity contribution in [2.75, 3.05) is 0 Å². The van der Waals surface area contributed by atoms with Crippen LogP contribution in [0.2, 0.25) is 5.82 Å². The molecule has 0 fully saturated rings. The van der Waals surface area contributed by atoms with E-state index in [0.29, 0.717) is 6.42 Å². The quantitative estimate of drug-likeness (QED) is 0.464. The van der Waals surface area contributed by atoms with E-state index in [9.17, 15) is 4.79 Å². The topological polar surface area (TPSA) is 26.3 Å². The largest absolute Gasteiger partial charge is 0.544 e. The summed E-state index contributed by atoms with van der Waals surface area (Å²) in [6.45, 7) is 1.78. The maximum atomic E-state index is 10.3. The second-order valence-electron chi connectivity index (χ2n) is 1.45. The fraction of sp³-hybridized carbons (Fsp3) is 0.750. The summed E-state index contributed by atoms with van der Waals surface area (Å²) in [4.78, 5) is 10.3. The van der Waals surface area contributed by atoms with Crippen LogP contribution in [0.25, 0.3) is 0 Å².